The van der Waals surface area contributed by atoms with E-state index in [1.807, 2.05) is 27.7 Å². The molecule has 0 spiro atoms. The molecule has 0 unspecified atom stereocenters. The van der Waals surface area contributed by atoms with Crippen molar-refractivity contribution < 1.29 is 9.53 Å². The fraction of sp³-hybridized carbons (Fsp3) is 0.579. The molecule has 1 N–H and O–H groups in total. The maximum absolute atomic E-state index is 13.0. The van der Waals surface area contributed by atoms with Crippen LogP contribution in [-0.2, 0) is 4.74 Å². The Morgan fingerprint density at radius 1 is 1.32 bits per heavy atom. The van der Waals surface area contributed by atoms with Gasteiger partial charge in [-0.2, -0.15) is 4.98 Å². The van der Waals surface area contributed by atoms with Crippen molar-refractivity contribution >= 4 is 44.7 Å². The summed E-state index contributed by atoms with van der Waals surface area (Å²) in [4.78, 5) is 33.3. The van der Waals surface area contributed by atoms with E-state index in [0.29, 0.717) is 10.1 Å². The maximum atomic E-state index is 13.0. The Balaban J connectivity index is 1.81. The molecular formula is C19H24BrClN4O3. The van der Waals surface area contributed by atoms with Crippen LogP contribution in [0, 0.1) is 6.92 Å². The van der Waals surface area contributed by atoms with Crippen molar-refractivity contribution in [1.29, 1.82) is 0 Å². The fourth-order valence-corrected chi connectivity index (χ4v) is 4.11. The van der Waals surface area contributed by atoms with Crippen LogP contribution < -0.4 is 10.9 Å². The zero-order valence-corrected chi connectivity index (χ0v) is 18.7. The van der Waals surface area contributed by atoms with Crippen molar-refractivity contribution in [3.63, 3.8) is 0 Å². The second-order valence-corrected chi connectivity index (χ2v) is 9.27. The standard InChI is InChI=1S/C19H24BrClN4O3/c1-10-13-9-22-17(21)24-15(13)25(16(26)14(10)20)12-7-5-11(6-8-12)23-18(27)28-19(2,3)4/h9,11-12H,5-8H2,1-4H3,(H,23,27). The van der Waals surface area contributed by atoms with Crippen LogP contribution >= 0.6 is 27.5 Å². The van der Waals surface area contributed by atoms with Gasteiger partial charge in [0.05, 0.1) is 4.47 Å². The number of amides is 1. The third-order valence-electron chi connectivity index (χ3n) is 4.89. The van der Waals surface area contributed by atoms with Crippen LogP contribution in [0.3, 0.4) is 0 Å². The number of hydrogen-bond donors (Lipinski definition) is 1. The molecule has 0 bridgehead atoms. The molecule has 152 valence electrons. The van der Waals surface area contributed by atoms with Crippen LogP contribution in [0.2, 0.25) is 5.28 Å². The van der Waals surface area contributed by atoms with Crippen molar-refractivity contribution in [2.75, 3.05) is 0 Å². The van der Waals surface area contributed by atoms with E-state index in [0.717, 1.165) is 36.6 Å². The van der Waals surface area contributed by atoms with Crippen molar-refractivity contribution in [2.24, 2.45) is 0 Å². The molecule has 0 aliphatic heterocycles. The average molecular weight is 472 g/mol. The highest BCUT2D eigenvalue weighted by molar-refractivity contribution is 9.10. The maximum Gasteiger partial charge on any atom is 0.407 e. The Hall–Kier alpha value is -1.67. The SMILES string of the molecule is Cc1c(Br)c(=O)n(C2CCC(NC(=O)OC(C)(C)C)CC2)c2nc(Cl)ncc12. The molecule has 28 heavy (non-hydrogen) atoms. The summed E-state index contributed by atoms with van der Waals surface area (Å²) in [5, 5.41) is 3.83. The number of carbonyl (C=O) groups excluding carboxylic acids is 1. The van der Waals surface area contributed by atoms with Gasteiger partial charge in [-0.1, -0.05) is 0 Å². The predicted octanol–water partition coefficient (Wildman–Crippen LogP) is 4.52. The first-order chi connectivity index (χ1) is 13.1. The Morgan fingerprint density at radius 2 is 1.96 bits per heavy atom. The number of fused-ring (bicyclic) bond motifs is 1. The van der Waals surface area contributed by atoms with Crippen LogP contribution in [0.4, 0.5) is 4.79 Å². The lowest BCUT2D eigenvalue weighted by atomic mass is 9.90. The van der Waals surface area contributed by atoms with E-state index in [4.69, 9.17) is 16.3 Å². The number of rotatable bonds is 2. The zero-order chi connectivity index (χ0) is 20.6. The molecule has 2 heterocycles. The van der Waals surface area contributed by atoms with Gasteiger partial charge in [-0.15, -0.1) is 0 Å². The number of nitrogens with one attached hydrogen (secondary N) is 1. The molecule has 0 atom stereocenters. The van der Waals surface area contributed by atoms with E-state index in [-0.39, 0.29) is 22.9 Å². The summed E-state index contributed by atoms with van der Waals surface area (Å²) in [5.74, 6) is 0. The number of hydrogen-bond acceptors (Lipinski definition) is 5. The number of carbonyl (C=O) groups is 1. The van der Waals surface area contributed by atoms with E-state index in [1.54, 1.807) is 10.8 Å². The third-order valence-corrected chi connectivity index (χ3v) is 6.01. The molecule has 1 amide bonds. The summed E-state index contributed by atoms with van der Waals surface area (Å²) in [6.07, 6.45) is 4.23. The van der Waals surface area contributed by atoms with Crippen molar-refractivity contribution in [1.82, 2.24) is 19.9 Å². The van der Waals surface area contributed by atoms with Gasteiger partial charge >= 0.3 is 6.09 Å². The molecule has 9 heteroatoms. The van der Waals surface area contributed by atoms with Gasteiger partial charge in [0.2, 0.25) is 5.28 Å². The van der Waals surface area contributed by atoms with Crippen LogP contribution in [-0.4, -0.2) is 32.3 Å². The molecular weight excluding hydrogens is 448 g/mol. The quantitative estimate of drug-likeness (QED) is 0.651. The summed E-state index contributed by atoms with van der Waals surface area (Å²) in [5.41, 5.74) is 0.700. The second kappa shape index (κ2) is 7.99. The van der Waals surface area contributed by atoms with Crippen LogP contribution in [0.1, 0.15) is 58.1 Å². The smallest absolute Gasteiger partial charge is 0.407 e. The second-order valence-electron chi connectivity index (χ2n) is 8.14. The number of nitrogens with zero attached hydrogens (tertiary/aromatic N) is 3. The van der Waals surface area contributed by atoms with E-state index >= 15 is 0 Å². The van der Waals surface area contributed by atoms with Crippen LogP contribution in [0.15, 0.2) is 15.5 Å². The minimum absolute atomic E-state index is 0.0189. The summed E-state index contributed by atoms with van der Waals surface area (Å²) >= 11 is 9.41. The molecule has 0 saturated heterocycles. The highest BCUT2D eigenvalue weighted by atomic mass is 79.9. The molecule has 7 nitrogen and oxygen atoms in total. The molecule has 0 aromatic carbocycles. The Labute approximate surface area is 177 Å². The number of aromatic nitrogens is 3. The monoisotopic (exact) mass is 470 g/mol. The van der Waals surface area contributed by atoms with E-state index in [2.05, 4.69) is 31.2 Å². The molecule has 1 aliphatic carbocycles. The average Bonchev–Trinajstić information content (AvgIpc) is 2.59. The number of halogens is 2. The largest absolute Gasteiger partial charge is 0.444 e. The fourth-order valence-electron chi connectivity index (χ4n) is 3.57. The molecule has 1 fully saturated rings. The number of alkyl carbamates (subject to hydrolysis) is 1. The number of ether oxygens (including phenoxy) is 1. The lowest BCUT2D eigenvalue weighted by Crippen LogP contribution is -2.42. The van der Waals surface area contributed by atoms with Gasteiger partial charge in [0.15, 0.2) is 0 Å². The van der Waals surface area contributed by atoms with Crippen molar-refractivity contribution in [2.45, 2.75) is 71.1 Å². The van der Waals surface area contributed by atoms with Gasteiger partial charge in [0, 0.05) is 23.7 Å². The summed E-state index contributed by atoms with van der Waals surface area (Å²) in [6.45, 7) is 7.37. The van der Waals surface area contributed by atoms with Crippen LogP contribution in [0.5, 0.6) is 0 Å². The highest BCUT2D eigenvalue weighted by Crippen LogP contribution is 2.32. The number of pyridine rings is 1. The molecule has 1 saturated carbocycles. The first kappa shape index (κ1) is 21.0. The zero-order valence-electron chi connectivity index (χ0n) is 16.4. The topological polar surface area (TPSA) is 86.1 Å². The van der Waals surface area contributed by atoms with E-state index in [1.165, 1.54) is 0 Å². The van der Waals surface area contributed by atoms with Gasteiger partial charge in [-0.05, 0) is 86.5 Å². The number of aryl methyl sites for hydroxylation is 1. The van der Waals surface area contributed by atoms with Gasteiger partial charge in [0.1, 0.15) is 11.2 Å². The van der Waals surface area contributed by atoms with Crippen LogP contribution in [0.25, 0.3) is 11.0 Å². The van der Waals surface area contributed by atoms with Crippen molar-refractivity contribution in [3.8, 4) is 0 Å². The summed E-state index contributed by atoms with van der Waals surface area (Å²) in [7, 11) is 0. The van der Waals surface area contributed by atoms with Gasteiger partial charge < -0.3 is 10.1 Å². The first-order valence-electron chi connectivity index (χ1n) is 9.29. The predicted molar refractivity (Wildman–Crippen MR) is 112 cm³/mol. The highest BCUT2D eigenvalue weighted by Gasteiger charge is 2.28. The molecule has 2 aromatic heterocycles. The summed E-state index contributed by atoms with van der Waals surface area (Å²) < 4.78 is 7.55. The normalized spacial score (nSPS) is 20.2. The van der Waals surface area contributed by atoms with E-state index < -0.39 is 11.7 Å². The molecule has 1 aliphatic rings. The molecule has 2 aromatic rings. The lowest BCUT2D eigenvalue weighted by Gasteiger charge is -2.31. The minimum atomic E-state index is -0.527. The Bertz CT molecular complexity index is 962. The molecule has 0 radical (unpaired) electrons. The Kier molecular flexibility index (Phi) is 6.00. The molecule has 3 rings (SSSR count). The minimum Gasteiger partial charge on any atom is -0.444 e. The van der Waals surface area contributed by atoms with Gasteiger partial charge in [0.25, 0.3) is 5.56 Å². The Morgan fingerprint density at radius 3 is 2.57 bits per heavy atom. The lowest BCUT2D eigenvalue weighted by molar-refractivity contribution is 0.0488. The van der Waals surface area contributed by atoms with Gasteiger partial charge in [-0.25, -0.2) is 9.78 Å². The summed E-state index contributed by atoms with van der Waals surface area (Å²) in [6, 6.07) is 0.00900. The van der Waals surface area contributed by atoms with E-state index in [9.17, 15) is 9.59 Å². The van der Waals surface area contributed by atoms with Crippen molar-refractivity contribution in [3.05, 3.63) is 31.9 Å². The van der Waals surface area contributed by atoms with Gasteiger partial charge in [-0.3, -0.25) is 9.36 Å². The third kappa shape index (κ3) is 4.49. The first-order valence-corrected chi connectivity index (χ1v) is 10.5.